The van der Waals surface area contributed by atoms with Gasteiger partial charge in [-0.3, -0.25) is 21.7 Å². The van der Waals surface area contributed by atoms with Crippen molar-refractivity contribution in [2.75, 3.05) is 28.4 Å². The zero-order chi connectivity index (χ0) is 15.2. The SMILES string of the molecule is COP(=N)(N)N=P(N=P(N)(N=PN)OC)(OC)OC. The van der Waals surface area contributed by atoms with Crippen LogP contribution in [0.3, 0.4) is 0 Å². The second-order valence-corrected chi connectivity index (χ2v) is 10.1. The molecule has 0 aliphatic rings. The van der Waals surface area contributed by atoms with Crippen molar-refractivity contribution in [3.8, 4) is 0 Å². The molecule has 0 heterocycles. The molecule has 11 nitrogen and oxygen atoms in total. The average Bonchev–Trinajstić information content (AvgIpc) is 2.38. The highest BCUT2D eigenvalue weighted by molar-refractivity contribution is 7.73. The molecular weight excluding hydrogens is 334 g/mol. The van der Waals surface area contributed by atoms with E-state index >= 15 is 0 Å². The van der Waals surface area contributed by atoms with Gasteiger partial charge in [-0.2, -0.15) is 13.5 Å². The van der Waals surface area contributed by atoms with E-state index in [0.29, 0.717) is 0 Å². The maximum atomic E-state index is 7.69. The van der Waals surface area contributed by atoms with Gasteiger partial charge in [-0.25, -0.2) is 0 Å². The summed E-state index contributed by atoms with van der Waals surface area (Å²) >= 11 is 0. The average molecular weight is 353 g/mol. The van der Waals surface area contributed by atoms with Crippen LogP contribution in [0.15, 0.2) is 13.5 Å². The number of nitrogens with one attached hydrogen (secondary N) is 1. The summed E-state index contributed by atoms with van der Waals surface area (Å²) in [6.45, 7) is 0. The highest BCUT2D eigenvalue weighted by Crippen LogP contribution is 2.67. The van der Waals surface area contributed by atoms with Gasteiger partial charge in [0, 0.05) is 28.4 Å². The van der Waals surface area contributed by atoms with Crippen molar-refractivity contribution in [1.82, 2.24) is 0 Å². The highest BCUT2D eigenvalue weighted by Gasteiger charge is 2.27. The first kappa shape index (κ1) is 19.5. The van der Waals surface area contributed by atoms with Crippen LogP contribution in [0, 0.1) is 5.16 Å². The number of hydrogen-bond acceptors (Lipinski definition) is 5. The molecule has 0 aliphatic heterocycles. The van der Waals surface area contributed by atoms with Crippen LogP contribution in [0.5, 0.6) is 0 Å². The topological polar surface area (TPSA) is 176 Å². The summed E-state index contributed by atoms with van der Waals surface area (Å²) in [4.78, 5) is 0. The van der Waals surface area contributed by atoms with Crippen molar-refractivity contribution >= 4 is 31.3 Å². The summed E-state index contributed by atoms with van der Waals surface area (Å²) in [7, 11) is -4.25. The van der Waals surface area contributed by atoms with Gasteiger partial charge >= 0.3 is 7.66 Å². The van der Waals surface area contributed by atoms with E-state index in [0.717, 1.165) is 0 Å². The third-order valence-corrected chi connectivity index (χ3v) is 9.07. The molecule has 0 rings (SSSR count). The third-order valence-electron chi connectivity index (χ3n) is 1.69. The van der Waals surface area contributed by atoms with E-state index in [4.69, 9.17) is 39.8 Å². The number of rotatable bonds is 7. The Morgan fingerprint density at radius 2 is 1.47 bits per heavy atom. The Hall–Kier alpha value is 0.510. The summed E-state index contributed by atoms with van der Waals surface area (Å²) < 4.78 is 31.9. The minimum atomic E-state index is -3.28. The highest BCUT2D eigenvalue weighted by atomic mass is 31.3. The fraction of sp³-hybridized carbons (Fsp3) is 1.00. The lowest BCUT2D eigenvalue weighted by Crippen LogP contribution is -1.98. The van der Waals surface area contributed by atoms with Crippen molar-refractivity contribution < 1.29 is 18.1 Å². The van der Waals surface area contributed by atoms with Crippen molar-refractivity contribution in [3.05, 3.63) is 0 Å². The molecule has 0 aromatic rings. The second kappa shape index (κ2) is 8.08. The molecule has 7 N–H and O–H groups in total. The number of hydrogen-bond donors (Lipinski definition) is 4. The Morgan fingerprint density at radius 3 is 1.79 bits per heavy atom. The molecule has 2 unspecified atom stereocenters. The van der Waals surface area contributed by atoms with E-state index in [-0.39, 0.29) is 8.52 Å². The fourth-order valence-electron chi connectivity index (χ4n) is 0.770. The smallest absolute Gasteiger partial charge is 0.320 e. The van der Waals surface area contributed by atoms with Crippen LogP contribution in [0.1, 0.15) is 0 Å². The van der Waals surface area contributed by atoms with Gasteiger partial charge in [-0.05, 0) is 0 Å². The van der Waals surface area contributed by atoms with Gasteiger partial charge in [0.1, 0.15) is 0 Å². The van der Waals surface area contributed by atoms with Gasteiger partial charge in [0.2, 0.25) is 0 Å². The molecule has 0 saturated heterocycles. The van der Waals surface area contributed by atoms with Crippen LogP contribution in [-0.4, -0.2) is 28.4 Å². The van der Waals surface area contributed by atoms with E-state index in [1.165, 1.54) is 28.4 Å². The zero-order valence-electron chi connectivity index (χ0n) is 11.0. The summed E-state index contributed by atoms with van der Waals surface area (Å²) in [5, 5.41) is 7.69. The van der Waals surface area contributed by atoms with Gasteiger partial charge in [0.25, 0.3) is 15.2 Å². The normalized spacial score (nSPS) is 18.9. The Bertz CT molecular complexity index is 470. The Labute approximate surface area is 114 Å². The Kier molecular flexibility index (Phi) is 8.29. The quantitative estimate of drug-likeness (QED) is 0.508. The number of nitrogens with zero attached hydrogens (tertiary/aromatic N) is 3. The first-order valence-corrected chi connectivity index (χ1v) is 10.4. The van der Waals surface area contributed by atoms with Gasteiger partial charge < -0.3 is 18.1 Å². The lowest BCUT2D eigenvalue weighted by Gasteiger charge is -2.21. The minimum Gasteiger partial charge on any atom is -0.320 e. The van der Waals surface area contributed by atoms with Crippen molar-refractivity contribution in [3.63, 3.8) is 0 Å². The third kappa shape index (κ3) is 6.21. The molecular formula is C4H19N7O4P4. The summed E-state index contributed by atoms with van der Waals surface area (Å²) in [6.07, 6.45) is 0. The predicted octanol–water partition coefficient (Wildman–Crippen LogP) is 2.91. The summed E-state index contributed by atoms with van der Waals surface area (Å²) in [5.41, 5.74) is 16.7. The van der Waals surface area contributed by atoms with E-state index in [1.54, 1.807) is 0 Å². The molecule has 0 spiro atoms. The lowest BCUT2D eigenvalue weighted by molar-refractivity contribution is 0.328. The molecule has 114 valence electrons. The van der Waals surface area contributed by atoms with Crippen LogP contribution in [0.2, 0.25) is 0 Å². The van der Waals surface area contributed by atoms with E-state index in [9.17, 15) is 0 Å². The molecule has 0 aliphatic carbocycles. The lowest BCUT2D eigenvalue weighted by atomic mass is 11.8. The van der Waals surface area contributed by atoms with Crippen LogP contribution < -0.4 is 16.5 Å². The predicted molar refractivity (Wildman–Crippen MR) is 78.3 cm³/mol. The maximum Gasteiger partial charge on any atom is 0.346 e. The van der Waals surface area contributed by atoms with Crippen LogP contribution >= 0.6 is 31.3 Å². The summed E-state index contributed by atoms with van der Waals surface area (Å²) in [6, 6.07) is 0. The van der Waals surface area contributed by atoms with E-state index in [1.807, 2.05) is 0 Å². The number of nitrogens with two attached hydrogens (primary N) is 3. The molecule has 15 heteroatoms. The molecule has 0 aromatic heterocycles. The molecule has 19 heavy (non-hydrogen) atoms. The van der Waals surface area contributed by atoms with Gasteiger partial charge in [0.15, 0.2) is 0 Å². The van der Waals surface area contributed by atoms with Crippen LogP contribution in [0.25, 0.3) is 0 Å². The first-order chi connectivity index (χ1) is 8.72. The Balaban J connectivity index is 6.09. The Morgan fingerprint density at radius 1 is 0.947 bits per heavy atom. The van der Waals surface area contributed by atoms with Crippen molar-refractivity contribution in [2.24, 2.45) is 30.1 Å². The van der Waals surface area contributed by atoms with Crippen LogP contribution in [0.4, 0.5) is 0 Å². The molecule has 0 amide bonds. The maximum absolute atomic E-state index is 7.69. The van der Waals surface area contributed by atoms with E-state index < -0.39 is 22.8 Å². The largest absolute Gasteiger partial charge is 0.346 e. The molecule has 0 saturated carbocycles. The molecule has 0 bridgehead atoms. The molecule has 0 radical (unpaired) electrons. The summed E-state index contributed by atoms with van der Waals surface area (Å²) in [5.74, 6) is 0. The fourth-order valence-corrected chi connectivity index (χ4v) is 7.12. The van der Waals surface area contributed by atoms with E-state index in [2.05, 4.69) is 13.5 Å². The molecule has 0 aromatic carbocycles. The van der Waals surface area contributed by atoms with Crippen molar-refractivity contribution in [1.29, 1.82) is 5.16 Å². The van der Waals surface area contributed by atoms with Crippen molar-refractivity contribution in [2.45, 2.75) is 0 Å². The molecule has 2 atom stereocenters. The minimum absolute atomic E-state index is 0.151. The van der Waals surface area contributed by atoms with Gasteiger partial charge in [-0.1, -0.05) is 0 Å². The van der Waals surface area contributed by atoms with Gasteiger partial charge in [-0.15, -0.1) is 0 Å². The molecule has 0 fully saturated rings. The zero-order valence-corrected chi connectivity index (χ0v) is 14.6. The monoisotopic (exact) mass is 353 g/mol. The standard InChI is InChI=1S/C4H19N7O4P4/c1-12-17(6,7)10-19(14-3,15-4)11-18(8,13-2)9-16-5/h8H2,1-4H3,(H2,5,9)(H3,6,7). The second-order valence-electron chi connectivity index (χ2n) is 2.82. The van der Waals surface area contributed by atoms with Crippen LogP contribution in [-0.2, 0) is 18.1 Å². The van der Waals surface area contributed by atoms with Gasteiger partial charge in [0.05, 0.1) is 8.52 Å². The first-order valence-electron chi connectivity index (χ1n) is 4.56.